The number of nitrogens with two attached hydrogens (primary N) is 1. The van der Waals surface area contributed by atoms with Crippen molar-refractivity contribution in [3.05, 3.63) is 5.69 Å². The predicted octanol–water partition coefficient (Wildman–Crippen LogP) is 1.57. The number of aromatic nitrogens is 1. The van der Waals surface area contributed by atoms with Crippen LogP contribution in [0.5, 0.6) is 0 Å². The highest BCUT2D eigenvalue weighted by Gasteiger charge is 2.09. The third-order valence-electron chi connectivity index (χ3n) is 1.29. The molecular weight excluding hydrogens is 174 g/mol. The first-order valence-corrected chi connectivity index (χ1v) is 4.45. The quantitative estimate of drug-likeness (QED) is 0.568. The lowest BCUT2D eigenvalue weighted by Crippen LogP contribution is -1.85. The van der Waals surface area contributed by atoms with Gasteiger partial charge in [0.1, 0.15) is 0 Å². The van der Waals surface area contributed by atoms with Crippen molar-refractivity contribution in [2.24, 2.45) is 0 Å². The van der Waals surface area contributed by atoms with E-state index in [0.29, 0.717) is 12.3 Å². The Hall–Kier alpha value is -1.15. The second kappa shape index (κ2) is 4.02. The zero-order valence-corrected chi connectivity index (χ0v) is 7.52. The molecule has 1 aromatic heterocycles. The maximum absolute atomic E-state index is 8.30. The molecule has 0 aliphatic rings. The molecule has 0 atom stereocenters. The molecule has 0 fully saturated rings. The molecule has 0 aromatic carbocycles. The molecule has 1 heterocycles. The van der Waals surface area contributed by atoms with Crippen LogP contribution in [0.4, 0.5) is 5.88 Å². The number of nitrogens with zero attached hydrogens (tertiary/aromatic N) is 2. The minimum atomic E-state index is 0.343. The summed E-state index contributed by atoms with van der Waals surface area (Å²) in [6, 6.07) is 2.06. The molecule has 0 saturated heterocycles. The van der Waals surface area contributed by atoms with Crippen LogP contribution in [0.2, 0.25) is 0 Å². The van der Waals surface area contributed by atoms with Crippen LogP contribution in [-0.4, -0.2) is 10.9 Å². The normalized spacial score (nSPS) is 9.67. The van der Waals surface area contributed by atoms with Gasteiger partial charge < -0.3 is 10.3 Å². The first-order chi connectivity index (χ1) is 5.75. The third-order valence-corrected chi connectivity index (χ3v) is 2.49. The molecule has 4 nitrogen and oxygen atoms in total. The number of aryl methyl sites for hydroxylation is 1. The second-order valence-corrected chi connectivity index (χ2v) is 3.32. The van der Waals surface area contributed by atoms with Gasteiger partial charge in [-0.05, 0) is 6.92 Å². The molecule has 0 spiro atoms. The zero-order chi connectivity index (χ0) is 8.97. The molecule has 0 amide bonds. The first-order valence-electron chi connectivity index (χ1n) is 3.47. The molecule has 2 N–H and O–H groups in total. The highest BCUT2D eigenvalue weighted by molar-refractivity contribution is 7.99. The van der Waals surface area contributed by atoms with Gasteiger partial charge in [0.15, 0.2) is 0 Å². The van der Waals surface area contributed by atoms with E-state index < -0.39 is 0 Å². The van der Waals surface area contributed by atoms with E-state index in [2.05, 4.69) is 11.2 Å². The number of anilines is 1. The summed E-state index contributed by atoms with van der Waals surface area (Å²) in [4.78, 5) is 0.852. The molecule has 0 bridgehead atoms. The molecule has 0 aliphatic carbocycles. The fourth-order valence-electron chi connectivity index (χ4n) is 0.753. The van der Waals surface area contributed by atoms with E-state index >= 15 is 0 Å². The van der Waals surface area contributed by atoms with Gasteiger partial charge in [-0.1, -0.05) is 5.16 Å². The summed E-state index contributed by atoms with van der Waals surface area (Å²) in [7, 11) is 0. The number of thioether (sulfide) groups is 1. The van der Waals surface area contributed by atoms with Crippen molar-refractivity contribution in [3.63, 3.8) is 0 Å². The standard InChI is InChI=1S/C7H9N3OS/c1-5-6(7(9)11-10-5)12-4-2-3-8/h2,4,9H2,1H3. The minimum Gasteiger partial charge on any atom is -0.367 e. The fraction of sp³-hybridized carbons (Fsp3) is 0.429. The van der Waals surface area contributed by atoms with E-state index in [1.54, 1.807) is 0 Å². The number of nitrogen functional groups attached to an aromatic ring is 1. The summed E-state index contributed by atoms with van der Waals surface area (Å²) < 4.78 is 4.75. The van der Waals surface area contributed by atoms with Gasteiger partial charge in [0, 0.05) is 12.2 Å². The maximum Gasteiger partial charge on any atom is 0.236 e. The van der Waals surface area contributed by atoms with Crippen molar-refractivity contribution in [1.82, 2.24) is 5.16 Å². The Morgan fingerprint density at radius 3 is 3.00 bits per heavy atom. The van der Waals surface area contributed by atoms with Crippen LogP contribution in [0.3, 0.4) is 0 Å². The molecule has 64 valence electrons. The van der Waals surface area contributed by atoms with Crippen molar-refractivity contribution in [2.45, 2.75) is 18.2 Å². The van der Waals surface area contributed by atoms with E-state index in [0.717, 1.165) is 16.3 Å². The van der Waals surface area contributed by atoms with Crippen LogP contribution in [0.25, 0.3) is 0 Å². The average Bonchev–Trinajstić information content (AvgIpc) is 2.35. The Morgan fingerprint density at radius 1 is 1.75 bits per heavy atom. The van der Waals surface area contributed by atoms with Crippen LogP contribution in [-0.2, 0) is 0 Å². The van der Waals surface area contributed by atoms with Crippen molar-refractivity contribution in [2.75, 3.05) is 11.5 Å². The Kier molecular flexibility index (Phi) is 3.00. The van der Waals surface area contributed by atoms with Gasteiger partial charge in [0.2, 0.25) is 5.88 Å². The summed E-state index contributed by atoms with van der Waals surface area (Å²) in [5.74, 6) is 1.07. The topological polar surface area (TPSA) is 75.8 Å². The highest BCUT2D eigenvalue weighted by Crippen LogP contribution is 2.28. The molecule has 0 saturated carbocycles. The van der Waals surface area contributed by atoms with E-state index in [9.17, 15) is 0 Å². The average molecular weight is 183 g/mol. The van der Waals surface area contributed by atoms with Crippen LogP contribution in [0.15, 0.2) is 9.42 Å². The Labute approximate surface area is 74.7 Å². The lowest BCUT2D eigenvalue weighted by molar-refractivity contribution is 0.430. The summed E-state index contributed by atoms with van der Waals surface area (Å²) in [6.07, 6.45) is 0.509. The van der Waals surface area contributed by atoms with Gasteiger partial charge in [-0.3, -0.25) is 0 Å². The minimum absolute atomic E-state index is 0.343. The fourth-order valence-corrected chi connectivity index (χ4v) is 1.58. The van der Waals surface area contributed by atoms with Gasteiger partial charge >= 0.3 is 0 Å². The van der Waals surface area contributed by atoms with Gasteiger partial charge in [-0.25, -0.2) is 0 Å². The zero-order valence-electron chi connectivity index (χ0n) is 6.70. The predicted molar refractivity (Wildman–Crippen MR) is 46.6 cm³/mol. The third kappa shape index (κ3) is 1.92. The van der Waals surface area contributed by atoms with Crippen LogP contribution < -0.4 is 5.73 Å². The molecule has 1 aromatic rings. The number of rotatable bonds is 3. The van der Waals surface area contributed by atoms with Gasteiger partial charge in [0.25, 0.3) is 0 Å². The first kappa shape index (κ1) is 8.94. The molecule has 0 radical (unpaired) electrons. The van der Waals surface area contributed by atoms with Crippen LogP contribution in [0.1, 0.15) is 12.1 Å². The van der Waals surface area contributed by atoms with Crippen molar-refractivity contribution < 1.29 is 4.52 Å². The Balaban J connectivity index is 2.57. The summed E-state index contributed by atoms with van der Waals surface area (Å²) in [6.45, 7) is 1.83. The van der Waals surface area contributed by atoms with Crippen molar-refractivity contribution in [3.8, 4) is 6.07 Å². The molecule has 5 heteroatoms. The van der Waals surface area contributed by atoms with E-state index in [4.69, 9.17) is 15.5 Å². The monoisotopic (exact) mass is 183 g/mol. The molecule has 1 rings (SSSR count). The van der Waals surface area contributed by atoms with Gasteiger partial charge in [0.05, 0.1) is 16.7 Å². The van der Waals surface area contributed by atoms with Crippen LogP contribution >= 0.6 is 11.8 Å². The number of hydrogen-bond acceptors (Lipinski definition) is 5. The lowest BCUT2D eigenvalue weighted by atomic mass is 10.5. The summed E-state index contributed by atoms with van der Waals surface area (Å²) in [5, 5.41) is 12.0. The van der Waals surface area contributed by atoms with E-state index in [1.165, 1.54) is 11.8 Å². The SMILES string of the molecule is Cc1noc(N)c1SCCC#N. The van der Waals surface area contributed by atoms with Gasteiger partial charge in [-0.2, -0.15) is 5.26 Å². The highest BCUT2D eigenvalue weighted by atomic mass is 32.2. The second-order valence-electron chi connectivity index (χ2n) is 2.22. The molecule has 0 unspecified atom stereocenters. The molecular formula is C7H9N3OS. The van der Waals surface area contributed by atoms with E-state index in [1.807, 2.05) is 6.92 Å². The Bertz CT molecular complexity index is 283. The molecule has 0 aliphatic heterocycles. The van der Waals surface area contributed by atoms with Crippen molar-refractivity contribution in [1.29, 1.82) is 5.26 Å². The smallest absolute Gasteiger partial charge is 0.236 e. The number of nitriles is 1. The van der Waals surface area contributed by atoms with Gasteiger partial charge in [-0.15, -0.1) is 11.8 Å². The Morgan fingerprint density at radius 2 is 2.50 bits per heavy atom. The van der Waals surface area contributed by atoms with E-state index in [-0.39, 0.29) is 0 Å². The van der Waals surface area contributed by atoms with Crippen molar-refractivity contribution >= 4 is 17.6 Å². The number of hydrogen-bond donors (Lipinski definition) is 1. The summed E-state index contributed by atoms with van der Waals surface area (Å²) in [5.41, 5.74) is 6.28. The summed E-state index contributed by atoms with van der Waals surface area (Å²) >= 11 is 1.50. The largest absolute Gasteiger partial charge is 0.367 e. The van der Waals surface area contributed by atoms with Crippen LogP contribution in [0, 0.1) is 18.3 Å². The lowest BCUT2D eigenvalue weighted by Gasteiger charge is -1.94. The maximum atomic E-state index is 8.30. The molecule has 12 heavy (non-hydrogen) atoms.